The van der Waals surface area contributed by atoms with E-state index >= 15 is 0 Å². The number of nitrogens with zero attached hydrogens (tertiary/aromatic N) is 1. The Morgan fingerprint density at radius 2 is 2.29 bits per heavy atom. The Hall–Kier alpha value is -0.990. The molecular formula is C11H19NO2. The highest BCUT2D eigenvalue weighted by atomic mass is 16.5. The molecular weight excluding hydrogens is 178 g/mol. The normalized spacial score (nSPS) is 20.6. The Morgan fingerprint density at radius 3 is 2.79 bits per heavy atom. The Bertz CT molecular complexity index is 231. The molecule has 0 saturated carbocycles. The number of hydrogen-bond acceptors (Lipinski definition) is 3. The average Bonchev–Trinajstić information content (AvgIpc) is 2.68. The molecule has 0 aromatic rings. The second kappa shape index (κ2) is 5.03. The zero-order chi connectivity index (χ0) is 10.6. The van der Waals surface area contributed by atoms with E-state index in [9.17, 15) is 0 Å². The van der Waals surface area contributed by atoms with E-state index < -0.39 is 0 Å². The highest BCUT2D eigenvalue weighted by Gasteiger charge is 2.25. The van der Waals surface area contributed by atoms with E-state index in [0.29, 0.717) is 18.3 Å². The smallest absolute Gasteiger partial charge is 0.187 e. The van der Waals surface area contributed by atoms with Crippen LogP contribution in [0.5, 0.6) is 0 Å². The molecule has 1 aliphatic heterocycles. The molecule has 3 heteroatoms. The van der Waals surface area contributed by atoms with Gasteiger partial charge < -0.3 is 9.47 Å². The summed E-state index contributed by atoms with van der Waals surface area (Å²) < 4.78 is 10.6. The molecule has 0 saturated heterocycles. The lowest BCUT2D eigenvalue weighted by molar-refractivity contribution is 0.235. The molecule has 0 radical (unpaired) electrons. The van der Waals surface area contributed by atoms with Crippen LogP contribution in [0.3, 0.4) is 0 Å². The molecule has 0 spiro atoms. The maximum absolute atomic E-state index is 5.54. The Labute approximate surface area is 85.8 Å². The van der Waals surface area contributed by atoms with E-state index in [1.54, 1.807) is 7.11 Å². The molecule has 1 aliphatic rings. The van der Waals surface area contributed by atoms with Crippen LogP contribution in [-0.2, 0) is 9.47 Å². The third-order valence-electron chi connectivity index (χ3n) is 2.64. The summed E-state index contributed by atoms with van der Waals surface area (Å²) in [6.45, 7) is 8.68. The van der Waals surface area contributed by atoms with Gasteiger partial charge in [-0.2, -0.15) is 0 Å². The first-order valence-electron chi connectivity index (χ1n) is 5.16. The molecule has 0 fully saturated rings. The summed E-state index contributed by atoms with van der Waals surface area (Å²) >= 11 is 0. The molecule has 0 amide bonds. The van der Waals surface area contributed by atoms with Crippen LogP contribution in [0.25, 0.3) is 0 Å². The first-order chi connectivity index (χ1) is 6.72. The van der Waals surface area contributed by atoms with E-state index in [0.717, 1.165) is 18.7 Å². The van der Waals surface area contributed by atoms with Gasteiger partial charge in [-0.05, 0) is 12.8 Å². The molecule has 0 N–H and O–H groups in total. The summed E-state index contributed by atoms with van der Waals surface area (Å²) in [5, 5.41) is 0. The molecule has 0 aromatic carbocycles. The van der Waals surface area contributed by atoms with E-state index in [-0.39, 0.29) is 6.04 Å². The van der Waals surface area contributed by atoms with Crippen LogP contribution >= 0.6 is 0 Å². The SMILES string of the molecule is C=C(OC)C1COC(C(CC)CC)=N1. The van der Waals surface area contributed by atoms with Crippen molar-refractivity contribution in [2.75, 3.05) is 13.7 Å². The van der Waals surface area contributed by atoms with Gasteiger partial charge in [-0.25, -0.2) is 4.99 Å². The molecule has 3 nitrogen and oxygen atoms in total. The van der Waals surface area contributed by atoms with Gasteiger partial charge in [0.1, 0.15) is 18.4 Å². The van der Waals surface area contributed by atoms with Crippen molar-refractivity contribution in [3.05, 3.63) is 12.3 Å². The maximum atomic E-state index is 5.54. The fourth-order valence-electron chi connectivity index (χ4n) is 1.55. The van der Waals surface area contributed by atoms with Crippen molar-refractivity contribution in [3.63, 3.8) is 0 Å². The molecule has 1 atom stereocenters. The first-order valence-corrected chi connectivity index (χ1v) is 5.16. The van der Waals surface area contributed by atoms with Gasteiger partial charge in [0.2, 0.25) is 0 Å². The van der Waals surface area contributed by atoms with Crippen molar-refractivity contribution in [1.82, 2.24) is 0 Å². The molecule has 1 heterocycles. The minimum Gasteiger partial charge on any atom is -0.499 e. The summed E-state index contributed by atoms with van der Waals surface area (Å²) in [6.07, 6.45) is 2.14. The molecule has 80 valence electrons. The molecule has 0 aliphatic carbocycles. The number of methoxy groups -OCH3 is 1. The lowest BCUT2D eigenvalue weighted by Crippen LogP contribution is -2.12. The Balaban J connectivity index is 2.61. The quantitative estimate of drug-likeness (QED) is 0.633. The highest BCUT2D eigenvalue weighted by Crippen LogP contribution is 2.20. The van der Waals surface area contributed by atoms with Crippen molar-refractivity contribution < 1.29 is 9.47 Å². The molecule has 1 rings (SSSR count). The van der Waals surface area contributed by atoms with Crippen LogP contribution < -0.4 is 0 Å². The van der Waals surface area contributed by atoms with Gasteiger partial charge in [-0.3, -0.25) is 0 Å². The van der Waals surface area contributed by atoms with Gasteiger partial charge in [0.15, 0.2) is 5.90 Å². The van der Waals surface area contributed by atoms with E-state index in [1.165, 1.54) is 0 Å². The summed E-state index contributed by atoms with van der Waals surface area (Å²) in [4.78, 5) is 4.47. The van der Waals surface area contributed by atoms with Crippen molar-refractivity contribution in [2.45, 2.75) is 32.7 Å². The van der Waals surface area contributed by atoms with Crippen molar-refractivity contribution in [2.24, 2.45) is 10.9 Å². The zero-order valence-corrected chi connectivity index (χ0v) is 9.25. The zero-order valence-electron chi connectivity index (χ0n) is 9.25. The predicted octanol–water partition coefficient (Wildman–Crippen LogP) is 2.38. The number of hydrogen-bond donors (Lipinski definition) is 0. The minimum absolute atomic E-state index is 0.00407. The minimum atomic E-state index is -0.00407. The average molecular weight is 197 g/mol. The van der Waals surface area contributed by atoms with Crippen molar-refractivity contribution in [1.29, 1.82) is 0 Å². The van der Waals surface area contributed by atoms with Crippen molar-refractivity contribution >= 4 is 5.90 Å². The third-order valence-corrected chi connectivity index (χ3v) is 2.64. The van der Waals surface area contributed by atoms with Gasteiger partial charge in [0.25, 0.3) is 0 Å². The largest absolute Gasteiger partial charge is 0.499 e. The number of rotatable bonds is 5. The van der Waals surface area contributed by atoms with Crippen LogP contribution in [0, 0.1) is 5.92 Å². The van der Waals surface area contributed by atoms with E-state index in [4.69, 9.17) is 9.47 Å². The lowest BCUT2D eigenvalue weighted by atomic mass is 10.0. The van der Waals surface area contributed by atoms with Crippen LogP contribution in [0.15, 0.2) is 17.3 Å². The topological polar surface area (TPSA) is 30.8 Å². The molecule has 1 unspecified atom stereocenters. The molecule has 0 bridgehead atoms. The van der Waals surface area contributed by atoms with E-state index in [1.807, 2.05) is 0 Å². The summed E-state index contributed by atoms with van der Waals surface area (Å²) in [7, 11) is 1.62. The van der Waals surface area contributed by atoms with Crippen LogP contribution in [-0.4, -0.2) is 25.7 Å². The predicted molar refractivity (Wildman–Crippen MR) is 57.4 cm³/mol. The van der Waals surface area contributed by atoms with Crippen LogP contribution in [0.1, 0.15) is 26.7 Å². The lowest BCUT2D eigenvalue weighted by Gasteiger charge is -2.10. The second-order valence-electron chi connectivity index (χ2n) is 3.48. The maximum Gasteiger partial charge on any atom is 0.187 e. The van der Waals surface area contributed by atoms with Gasteiger partial charge in [-0.15, -0.1) is 0 Å². The standard InChI is InChI=1S/C11H19NO2/c1-5-9(6-2)11-12-10(7-14-11)8(3)13-4/h9-10H,3,5-7H2,1-2,4H3. The number of ether oxygens (including phenoxy) is 2. The third kappa shape index (κ3) is 2.28. The molecule has 14 heavy (non-hydrogen) atoms. The monoisotopic (exact) mass is 197 g/mol. The first kappa shape index (κ1) is 11.1. The molecule has 0 aromatic heterocycles. The number of aliphatic imine (C=N–C) groups is 1. The highest BCUT2D eigenvalue weighted by molar-refractivity contribution is 5.80. The second-order valence-corrected chi connectivity index (χ2v) is 3.48. The Kier molecular flexibility index (Phi) is 3.98. The van der Waals surface area contributed by atoms with E-state index in [2.05, 4.69) is 25.4 Å². The van der Waals surface area contributed by atoms with Crippen LogP contribution in [0.4, 0.5) is 0 Å². The fourth-order valence-corrected chi connectivity index (χ4v) is 1.55. The van der Waals surface area contributed by atoms with Gasteiger partial charge >= 0.3 is 0 Å². The van der Waals surface area contributed by atoms with Crippen molar-refractivity contribution in [3.8, 4) is 0 Å². The van der Waals surface area contributed by atoms with Gasteiger partial charge in [-0.1, -0.05) is 20.4 Å². The summed E-state index contributed by atoms with van der Waals surface area (Å²) in [5.41, 5.74) is 0. The van der Waals surface area contributed by atoms with Gasteiger partial charge in [0.05, 0.1) is 7.11 Å². The summed E-state index contributed by atoms with van der Waals surface area (Å²) in [5.74, 6) is 2.01. The fraction of sp³-hybridized carbons (Fsp3) is 0.727. The Morgan fingerprint density at radius 1 is 1.64 bits per heavy atom. The summed E-state index contributed by atoms with van der Waals surface area (Å²) in [6, 6.07) is -0.00407. The van der Waals surface area contributed by atoms with Gasteiger partial charge in [0, 0.05) is 5.92 Å². The van der Waals surface area contributed by atoms with Crippen LogP contribution in [0.2, 0.25) is 0 Å².